The molecule has 2 aromatic rings. The largest absolute Gasteiger partial charge is 0.492 e. The lowest BCUT2D eigenvalue weighted by atomic mass is 10.2. The normalized spacial score (nSPS) is 9.81. The van der Waals surface area contributed by atoms with Crippen LogP contribution in [0.25, 0.3) is 0 Å². The van der Waals surface area contributed by atoms with Crippen molar-refractivity contribution in [2.75, 3.05) is 13.2 Å². The molecule has 0 aliphatic rings. The molecule has 0 unspecified atom stereocenters. The van der Waals surface area contributed by atoms with Crippen molar-refractivity contribution in [2.24, 2.45) is 0 Å². The van der Waals surface area contributed by atoms with Crippen LogP contribution >= 0.6 is 0 Å². The van der Waals surface area contributed by atoms with Crippen molar-refractivity contribution >= 4 is 0 Å². The number of ether oxygens (including phenoxy) is 1. The van der Waals surface area contributed by atoms with Gasteiger partial charge in [0.05, 0.1) is 6.54 Å². The highest BCUT2D eigenvalue weighted by Gasteiger charge is 1.99. The fourth-order valence-corrected chi connectivity index (χ4v) is 1.76. The zero-order valence-electron chi connectivity index (χ0n) is 11.7. The Morgan fingerprint density at radius 1 is 1.33 bits per heavy atom. The Morgan fingerprint density at radius 3 is 2.81 bits per heavy atom. The number of aliphatic hydroxyl groups is 1. The van der Waals surface area contributed by atoms with Crippen molar-refractivity contribution in [1.29, 1.82) is 0 Å². The van der Waals surface area contributed by atoms with Crippen LogP contribution in [-0.4, -0.2) is 27.9 Å². The average molecular weight is 284 g/mol. The zero-order chi connectivity index (χ0) is 15.1. The maximum absolute atomic E-state index is 11.5. The molecule has 0 radical (unpaired) electrons. The van der Waals surface area contributed by atoms with Crippen molar-refractivity contribution in [2.45, 2.75) is 13.5 Å². The van der Waals surface area contributed by atoms with Gasteiger partial charge in [-0.15, -0.1) is 0 Å². The van der Waals surface area contributed by atoms with Crippen LogP contribution in [0.2, 0.25) is 0 Å². The number of hydrogen-bond acceptors (Lipinski definition) is 4. The van der Waals surface area contributed by atoms with Crippen LogP contribution in [0.4, 0.5) is 0 Å². The lowest BCUT2D eigenvalue weighted by Gasteiger charge is -2.08. The molecule has 0 saturated carbocycles. The Bertz CT molecular complexity index is 709. The summed E-state index contributed by atoms with van der Waals surface area (Å²) in [5.74, 6) is 6.09. The molecule has 0 amide bonds. The van der Waals surface area contributed by atoms with E-state index < -0.39 is 0 Å². The van der Waals surface area contributed by atoms with Crippen LogP contribution in [0.15, 0.2) is 41.5 Å². The average Bonchev–Trinajstić information content (AvgIpc) is 2.50. The lowest BCUT2D eigenvalue weighted by Crippen LogP contribution is -2.25. The van der Waals surface area contributed by atoms with Gasteiger partial charge < -0.3 is 9.84 Å². The van der Waals surface area contributed by atoms with E-state index >= 15 is 0 Å². The monoisotopic (exact) mass is 284 g/mol. The molecule has 0 aliphatic heterocycles. The minimum Gasteiger partial charge on any atom is -0.492 e. The second-order valence-corrected chi connectivity index (χ2v) is 4.44. The van der Waals surface area contributed by atoms with Crippen LogP contribution in [0, 0.1) is 18.8 Å². The maximum Gasteiger partial charge on any atom is 0.347 e. The van der Waals surface area contributed by atoms with Gasteiger partial charge in [0.2, 0.25) is 0 Å². The quantitative estimate of drug-likeness (QED) is 0.850. The standard InChI is InChI=1S/C16H16N2O3/c1-13-11-17-16(20)18(12-13)8-10-21-15-6-4-14(5-7-15)3-2-9-19/h4-7,11-12,19H,8-10H2,1H3. The summed E-state index contributed by atoms with van der Waals surface area (Å²) in [4.78, 5) is 15.3. The van der Waals surface area contributed by atoms with E-state index in [0.717, 1.165) is 11.1 Å². The predicted octanol–water partition coefficient (Wildman–Crippen LogP) is 0.975. The highest BCUT2D eigenvalue weighted by Crippen LogP contribution is 2.11. The molecule has 0 atom stereocenters. The number of rotatable bonds is 4. The predicted molar refractivity (Wildman–Crippen MR) is 79.1 cm³/mol. The van der Waals surface area contributed by atoms with Crippen molar-refractivity contribution in [3.63, 3.8) is 0 Å². The Labute approximate surface area is 122 Å². The smallest absolute Gasteiger partial charge is 0.347 e. The van der Waals surface area contributed by atoms with E-state index in [1.165, 1.54) is 4.57 Å². The second-order valence-electron chi connectivity index (χ2n) is 4.44. The van der Waals surface area contributed by atoms with Gasteiger partial charge in [-0.05, 0) is 36.8 Å². The zero-order valence-corrected chi connectivity index (χ0v) is 11.7. The van der Waals surface area contributed by atoms with Crippen LogP contribution < -0.4 is 10.4 Å². The Hall–Kier alpha value is -2.58. The van der Waals surface area contributed by atoms with E-state index in [9.17, 15) is 4.79 Å². The third kappa shape index (κ3) is 4.48. The summed E-state index contributed by atoms with van der Waals surface area (Å²) in [6, 6.07) is 7.24. The number of aryl methyl sites for hydroxylation is 1. The topological polar surface area (TPSA) is 64.4 Å². The third-order valence-electron chi connectivity index (χ3n) is 2.75. The summed E-state index contributed by atoms with van der Waals surface area (Å²) in [6.45, 7) is 2.56. The van der Waals surface area contributed by atoms with E-state index in [4.69, 9.17) is 9.84 Å². The molecule has 1 aromatic carbocycles. The first-order valence-corrected chi connectivity index (χ1v) is 6.55. The van der Waals surface area contributed by atoms with E-state index in [2.05, 4.69) is 16.8 Å². The lowest BCUT2D eigenvalue weighted by molar-refractivity contribution is 0.295. The van der Waals surface area contributed by atoms with E-state index in [1.807, 2.05) is 19.1 Å². The minimum atomic E-state index is -0.279. The highest BCUT2D eigenvalue weighted by molar-refractivity contribution is 5.38. The molecule has 0 bridgehead atoms. The van der Waals surface area contributed by atoms with Gasteiger partial charge in [0.15, 0.2) is 0 Å². The molecule has 0 spiro atoms. The molecule has 2 rings (SSSR count). The van der Waals surface area contributed by atoms with Gasteiger partial charge in [-0.1, -0.05) is 11.8 Å². The summed E-state index contributed by atoms with van der Waals surface area (Å²) in [6.07, 6.45) is 3.30. The van der Waals surface area contributed by atoms with Gasteiger partial charge in [-0.25, -0.2) is 9.78 Å². The fourth-order valence-electron chi connectivity index (χ4n) is 1.76. The van der Waals surface area contributed by atoms with Gasteiger partial charge in [0.1, 0.15) is 19.0 Å². The number of aromatic nitrogens is 2. The van der Waals surface area contributed by atoms with E-state index in [0.29, 0.717) is 18.9 Å². The Morgan fingerprint density at radius 2 is 2.10 bits per heavy atom. The fraction of sp³-hybridized carbons (Fsp3) is 0.250. The highest BCUT2D eigenvalue weighted by atomic mass is 16.5. The molecular formula is C16H16N2O3. The van der Waals surface area contributed by atoms with Crippen molar-refractivity contribution < 1.29 is 9.84 Å². The van der Waals surface area contributed by atoms with Crippen molar-refractivity contribution in [1.82, 2.24) is 9.55 Å². The molecule has 21 heavy (non-hydrogen) atoms. The number of benzene rings is 1. The minimum absolute atomic E-state index is 0.155. The summed E-state index contributed by atoms with van der Waals surface area (Å²) in [7, 11) is 0. The molecule has 1 N–H and O–H groups in total. The molecule has 0 aliphatic carbocycles. The van der Waals surface area contributed by atoms with Crippen LogP contribution in [0.3, 0.4) is 0 Å². The first kappa shape index (κ1) is 14.8. The number of nitrogens with zero attached hydrogens (tertiary/aromatic N) is 2. The molecule has 0 saturated heterocycles. The van der Waals surface area contributed by atoms with Gasteiger partial charge in [-0.2, -0.15) is 0 Å². The number of hydrogen-bond donors (Lipinski definition) is 1. The molecule has 5 heteroatoms. The molecule has 1 heterocycles. The number of aliphatic hydroxyl groups excluding tert-OH is 1. The van der Waals surface area contributed by atoms with Crippen LogP contribution in [-0.2, 0) is 6.54 Å². The van der Waals surface area contributed by atoms with Gasteiger partial charge >= 0.3 is 5.69 Å². The third-order valence-corrected chi connectivity index (χ3v) is 2.75. The summed E-state index contributed by atoms with van der Waals surface area (Å²) < 4.78 is 7.10. The van der Waals surface area contributed by atoms with E-state index in [-0.39, 0.29) is 12.3 Å². The SMILES string of the molecule is Cc1cnc(=O)n(CCOc2ccc(C#CCO)cc2)c1. The van der Waals surface area contributed by atoms with E-state index in [1.54, 1.807) is 24.5 Å². The van der Waals surface area contributed by atoms with Crippen molar-refractivity contribution in [3.8, 4) is 17.6 Å². The molecule has 108 valence electrons. The van der Waals surface area contributed by atoms with Gasteiger partial charge in [0.25, 0.3) is 0 Å². The first-order valence-electron chi connectivity index (χ1n) is 6.55. The molecular weight excluding hydrogens is 268 g/mol. The Balaban J connectivity index is 1.91. The van der Waals surface area contributed by atoms with Gasteiger partial charge in [-0.3, -0.25) is 4.57 Å². The van der Waals surface area contributed by atoms with Crippen molar-refractivity contribution in [3.05, 3.63) is 58.3 Å². The first-order chi connectivity index (χ1) is 10.2. The maximum atomic E-state index is 11.5. The molecule has 5 nitrogen and oxygen atoms in total. The van der Waals surface area contributed by atoms with Crippen LogP contribution in [0.1, 0.15) is 11.1 Å². The molecule has 1 aromatic heterocycles. The summed E-state index contributed by atoms with van der Waals surface area (Å²) in [5, 5.41) is 8.62. The van der Waals surface area contributed by atoms with Gasteiger partial charge in [0, 0.05) is 18.0 Å². The summed E-state index contributed by atoms with van der Waals surface area (Å²) >= 11 is 0. The summed E-state index contributed by atoms with van der Waals surface area (Å²) in [5.41, 5.74) is 1.47. The Kier molecular flexibility index (Phi) is 5.13. The molecule has 0 fully saturated rings. The second kappa shape index (κ2) is 7.27. The van der Waals surface area contributed by atoms with Crippen LogP contribution in [0.5, 0.6) is 5.75 Å².